The number of nitrogens with one attached hydrogen (secondary N) is 1. The first-order chi connectivity index (χ1) is 9.79. The summed E-state index contributed by atoms with van der Waals surface area (Å²) >= 11 is 0. The number of aromatic nitrogens is 1. The fourth-order valence-corrected chi connectivity index (χ4v) is 2.18. The maximum absolute atomic E-state index is 8.89. The molecule has 0 aliphatic carbocycles. The molecule has 0 unspecified atom stereocenters. The second kappa shape index (κ2) is 10.1. The molecule has 0 saturated carbocycles. The molecule has 4 heteroatoms. The van der Waals surface area contributed by atoms with Gasteiger partial charge < -0.3 is 11.1 Å². The van der Waals surface area contributed by atoms with Gasteiger partial charge in [0.1, 0.15) is 6.07 Å². The molecule has 0 fully saturated rings. The van der Waals surface area contributed by atoms with Crippen molar-refractivity contribution in [2.75, 3.05) is 17.6 Å². The maximum atomic E-state index is 8.89. The van der Waals surface area contributed by atoms with E-state index in [1.54, 1.807) is 12.3 Å². The van der Waals surface area contributed by atoms with E-state index in [1.807, 2.05) is 0 Å². The molecule has 3 N–H and O–H groups in total. The Bertz CT molecular complexity index is 423. The van der Waals surface area contributed by atoms with Crippen molar-refractivity contribution in [1.82, 2.24) is 4.98 Å². The second-order valence-corrected chi connectivity index (χ2v) is 5.13. The van der Waals surface area contributed by atoms with Crippen LogP contribution in [0.2, 0.25) is 0 Å². The highest BCUT2D eigenvalue weighted by Crippen LogP contribution is 2.19. The smallest absolute Gasteiger partial charge is 0.150 e. The third-order valence-electron chi connectivity index (χ3n) is 3.43. The number of nitrogen functional groups attached to an aromatic ring is 1. The molecule has 4 nitrogen and oxygen atoms in total. The fraction of sp³-hybridized carbons (Fsp3) is 0.625. The van der Waals surface area contributed by atoms with E-state index in [-0.39, 0.29) is 0 Å². The van der Waals surface area contributed by atoms with Gasteiger partial charge in [0, 0.05) is 12.7 Å². The molecule has 1 aromatic heterocycles. The van der Waals surface area contributed by atoms with E-state index in [0.717, 1.165) is 13.0 Å². The van der Waals surface area contributed by atoms with Gasteiger partial charge in [-0.15, -0.1) is 0 Å². The summed E-state index contributed by atoms with van der Waals surface area (Å²) in [6.07, 6.45) is 12.0. The van der Waals surface area contributed by atoms with E-state index < -0.39 is 0 Å². The minimum Gasteiger partial charge on any atom is -0.395 e. The Kier molecular flexibility index (Phi) is 8.21. The van der Waals surface area contributed by atoms with Gasteiger partial charge in [0.2, 0.25) is 0 Å². The number of nitrogens with zero attached hydrogens (tertiary/aromatic N) is 2. The van der Waals surface area contributed by atoms with Crippen LogP contribution in [-0.2, 0) is 0 Å². The lowest BCUT2D eigenvalue weighted by atomic mass is 10.1. The summed E-state index contributed by atoms with van der Waals surface area (Å²) in [5.74, 6) is 0.631. The first kappa shape index (κ1) is 16.3. The highest BCUT2D eigenvalue weighted by molar-refractivity contribution is 5.68. The zero-order chi connectivity index (χ0) is 14.6. The van der Waals surface area contributed by atoms with Crippen LogP contribution < -0.4 is 11.1 Å². The van der Waals surface area contributed by atoms with Gasteiger partial charge in [-0.2, -0.15) is 5.26 Å². The van der Waals surface area contributed by atoms with E-state index in [0.29, 0.717) is 17.1 Å². The number of anilines is 2. The number of nitriles is 1. The highest BCUT2D eigenvalue weighted by Gasteiger charge is 2.04. The van der Waals surface area contributed by atoms with Gasteiger partial charge in [0.05, 0.1) is 11.3 Å². The molecule has 1 aromatic rings. The molecule has 0 bridgehead atoms. The van der Waals surface area contributed by atoms with Crippen molar-refractivity contribution in [3.8, 4) is 6.07 Å². The van der Waals surface area contributed by atoms with Crippen LogP contribution in [0.3, 0.4) is 0 Å². The second-order valence-electron chi connectivity index (χ2n) is 5.13. The minimum absolute atomic E-state index is 0.453. The fourth-order valence-electron chi connectivity index (χ4n) is 2.18. The van der Waals surface area contributed by atoms with Crippen molar-refractivity contribution in [2.45, 2.75) is 58.3 Å². The molecule has 0 radical (unpaired) electrons. The molecular formula is C16H26N4. The maximum Gasteiger partial charge on any atom is 0.150 e. The Hall–Kier alpha value is -1.76. The van der Waals surface area contributed by atoms with Gasteiger partial charge in [-0.1, -0.05) is 51.9 Å². The van der Waals surface area contributed by atoms with Crippen LogP contribution in [0.25, 0.3) is 0 Å². The van der Waals surface area contributed by atoms with Crippen LogP contribution in [0.15, 0.2) is 12.3 Å². The molecule has 1 rings (SSSR count). The standard InChI is InChI=1S/C16H26N4/c1-2-3-4-5-6-7-8-9-11-19-16-15(18)14(13-17)10-12-20-16/h10,12H,2-9,11,18H2,1H3,(H,19,20). The predicted octanol–water partition coefficient (Wildman–Crippen LogP) is 4.09. The summed E-state index contributed by atoms with van der Waals surface area (Å²) in [7, 11) is 0. The number of pyridine rings is 1. The van der Waals surface area contributed by atoms with Crippen LogP contribution in [-0.4, -0.2) is 11.5 Å². The molecule has 0 atom stereocenters. The van der Waals surface area contributed by atoms with Crippen LogP contribution in [0, 0.1) is 11.3 Å². The topological polar surface area (TPSA) is 74.7 Å². The first-order valence-electron chi connectivity index (χ1n) is 7.68. The Morgan fingerprint density at radius 2 is 1.80 bits per heavy atom. The number of unbranched alkanes of at least 4 members (excludes halogenated alkanes) is 7. The third kappa shape index (κ3) is 5.92. The number of hydrogen-bond acceptors (Lipinski definition) is 4. The predicted molar refractivity (Wildman–Crippen MR) is 84.5 cm³/mol. The summed E-state index contributed by atoms with van der Waals surface area (Å²) in [6.45, 7) is 3.10. The number of rotatable bonds is 10. The molecular weight excluding hydrogens is 248 g/mol. The number of hydrogen-bond donors (Lipinski definition) is 2. The average molecular weight is 274 g/mol. The van der Waals surface area contributed by atoms with Crippen molar-refractivity contribution < 1.29 is 0 Å². The molecule has 0 spiro atoms. The van der Waals surface area contributed by atoms with E-state index in [9.17, 15) is 0 Å². The quantitative estimate of drug-likeness (QED) is 0.630. The summed E-state index contributed by atoms with van der Waals surface area (Å²) < 4.78 is 0. The highest BCUT2D eigenvalue weighted by atomic mass is 15.0. The molecule has 1 heterocycles. The Morgan fingerprint density at radius 1 is 1.15 bits per heavy atom. The summed E-state index contributed by atoms with van der Waals surface area (Å²) in [5.41, 5.74) is 6.79. The van der Waals surface area contributed by atoms with E-state index in [4.69, 9.17) is 11.0 Å². The van der Waals surface area contributed by atoms with Crippen molar-refractivity contribution in [3.05, 3.63) is 17.8 Å². The van der Waals surface area contributed by atoms with E-state index >= 15 is 0 Å². The van der Waals surface area contributed by atoms with Gasteiger partial charge in [-0.25, -0.2) is 4.98 Å². The zero-order valence-electron chi connectivity index (χ0n) is 12.5. The van der Waals surface area contributed by atoms with Crippen LogP contribution in [0.5, 0.6) is 0 Å². The normalized spacial score (nSPS) is 10.2. The van der Waals surface area contributed by atoms with Crippen LogP contribution in [0.1, 0.15) is 63.9 Å². The van der Waals surface area contributed by atoms with E-state index in [1.165, 1.54) is 44.9 Å². The monoisotopic (exact) mass is 274 g/mol. The minimum atomic E-state index is 0.453. The Labute approximate surface area is 122 Å². The third-order valence-corrected chi connectivity index (χ3v) is 3.43. The van der Waals surface area contributed by atoms with Crippen molar-refractivity contribution >= 4 is 11.5 Å². The molecule has 110 valence electrons. The average Bonchev–Trinajstić information content (AvgIpc) is 2.47. The molecule has 0 amide bonds. The largest absolute Gasteiger partial charge is 0.395 e. The lowest BCUT2D eigenvalue weighted by Crippen LogP contribution is -2.07. The summed E-state index contributed by atoms with van der Waals surface area (Å²) in [4.78, 5) is 4.17. The van der Waals surface area contributed by atoms with Crippen molar-refractivity contribution in [2.24, 2.45) is 0 Å². The molecule has 0 aliphatic heterocycles. The van der Waals surface area contributed by atoms with Gasteiger partial charge in [0.15, 0.2) is 5.82 Å². The van der Waals surface area contributed by atoms with Gasteiger partial charge in [-0.3, -0.25) is 0 Å². The summed E-state index contributed by atoms with van der Waals surface area (Å²) in [6, 6.07) is 3.70. The summed E-state index contributed by atoms with van der Waals surface area (Å²) in [5, 5.41) is 12.1. The SMILES string of the molecule is CCCCCCCCCCNc1nccc(C#N)c1N. The van der Waals surface area contributed by atoms with Gasteiger partial charge >= 0.3 is 0 Å². The zero-order valence-corrected chi connectivity index (χ0v) is 12.5. The van der Waals surface area contributed by atoms with Gasteiger partial charge in [0.25, 0.3) is 0 Å². The van der Waals surface area contributed by atoms with E-state index in [2.05, 4.69) is 23.3 Å². The van der Waals surface area contributed by atoms with Gasteiger partial charge in [-0.05, 0) is 12.5 Å². The molecule has 0 saturated heterocycles. The van der Waals surface area contributed by atoms with Crippen LogP contribution in [0.4, 0.5) is 11.5 Å². The lowest BCUT2D eigenvalue weighted by Gasteiger charge is -2.08. The first-order valence-corrected chi connectivity index (χ1v) is 7.68. The molecule has 20 heavy (non-hydrogen) atoms. The number of nitrogens with two attached hydrogens (primary N) is 1. The Morgan fingerprint density at radius 3 is 2.45 bits per heavy atom. The Balaban J connectivity index is 2.11. The van der Waals surface area contributed by atoms with Crippen molar-refractivity contribution in [1.29, 1.82) is 5.26 Å². The molecule has 0 aliphatic rings. The van der Waals surface area contributed by atoms with Crippen LogP contribution >= 0.6 is 0 Å². The van der Waals surface area contributed by atoms with Crippen molar-refractivity contribution in [3.63, 3.8) is 0 Å². The molecule has 0 aromatic carbocycles. The lowest BCUT2D eigenvalue weighted by molar-refractivity contribution is 0.581.